The van der Waals surface area contributed by atoms with Crippen molar-refractivity contribution < 1.29 is 0 Å². The molecule has 3 aromatic rings. The van der Waals surface area contributed by atoms with Crippen LogP contribution in [0.5, 0.6) is 0 Å². The van der Waals surface area contributed by atoms with E-state index in [-0.39, 0.29) is 5.56 Å². The van der Waals surface area contributed by atoms with Crippen molar-refractivity contribution in [2.45, 2.75) is 6.92 Å². The van der Waals surface area contributed by atoms with Crippen LogP contribution in [0.3, 0.4) is 0 Å². The summed E-state index contributed by atoms with van der Waals surface area (Å²) in [6.45, 7) is 1.87. The molecule has 19 heavy (non-hydrogen) atoms. The zero-order chi connectivity index (χ0) is 13.4. The molecule has 6 heteroatoms. The number of nitriles is 1. The largest absolute Gasteiger partial charge is 0.342 e. The maximum absolute atomic E-state index is 11.2. The summed E-state index contributed by atoms with van der Waals surface area (Å²) in [6.07, 6.45) is 0. The SMILES string of the molecule is Cc1nc2ccc(-c3n[nH]c(=O)cc3C#N)cc2[nH]1. The molecule has 0 saturated heterocycles. The van der Waals surface area contributed by atoms with Gasteiger partial charge in [0.05, 0.1) is 16.6 Å². The Hall–Kier alpha value is -2.94. The molecule has 0 radical (unpaired) electrons. The molecule has 2 aromatic heterocycles. The zero-order valence-corrected chi connectivity index (χ0v) is 10.1. The third kappa shape index (κ3) is 1.87. The van der Waals surface area contributed by atoms with Gasteiger partial charge in [0.15, 0.2) is 0 Å². The predicted molar refractivity (Wildman–Crippen MR) is 69.4 cm³/mol. The number of nitrogens with zero attached hydrogens (tertiary/aromatic N) is 3. The summed E-state index contributed by atoms with van der Waals surface area (Å²) in [5, 5.41) is 15.3. The summed E-state index contributed by atoms with van der Waals surface area (Å²) in [5.74, 6) is 0.821. The van der Waals surface area contributed by atoms with Crippen LogP contribution in [0.4, 0.5) is 0 Å². The van der Waals surface area contributed by atoms with Gasteiger partial charge < -0.3 is 4.98 Å². The van der Waals surface area contributed by atoms with Gasteiger partial charge in [0, 0.05) is 11.6 Å². The van der Waals surface area contributed by atoms with Crippen LogP contribution in [-0.2, 0) is 0 Å². The molecule has 0 aliphatic rings. The third-order valence-corrected chi connectivity index (χ3v) is 2.80. The van der Waals surface area contributed by atoms with E-state index in [1.807, 2.05) is 31.2 Å². The summed E-state index contributed by atoms with van der Waals surface area (Å²) in [7, 11) is 0. The average molecular weight is 251 g/mol. The smallest absolute Gasteiger partial charge is 0.265 e. The minimum atomic E-state index is -0.390. The van der Waals surface area contributed by atoms with Crippen LogP contribution < -0.4 is 5.56 Å². The first-order valence-electron chi connectivity index (χ1n) is 5.64. The summed E-state index contributed by atoms with van der Waals surface area (Å²) in [5.41, 5.74) is 2.79. The first kappa shape index (κ1) is 11.2. The van der Waals surface area contributed by atoms with Gasteiger partial charge >= 0.3 is 0 Å². The van der Waals surface area contributed by atoms with Gasteiger partial charge in [-0.2, -0.15) is 10.4 Å². The van der Waals surface area contributed by atoms with Crippen molar-refractivity contribution in [3.63, 3.8) is 0 Å². The number of hydrogen-bond donors (Lipinski definition) is 2. The summed E-state index contributed by atoms with van der Waals surface area (Å²) >= 11 is 0. The Morgan fingerprint density at radius 1 is 1.32 bits per heavy atom. The van der Waals surface area contributed by atoms with E-state index in [4.69, 9.17) is 5.26 Å². The highest BCUT2D eigenvalue weighted by atomic mass is 16.1. The van der Waals surface area contributed by atoms with Crippen LogP contribution in [0.15, 0.2) is 29.1 Å². The number of H-pyrrole nitrogens is 2. The van der Waals surface area contributed by atoms with Crippen LogP contribution in [0.2, 0.25) is 0 Å². The quantitative estimate of drug-likeness (QED) is 0.684. The van der Waals surface area contributed by atoms with Crippen LogP contribution in [0.1, 0.15) is 11.4 Å². The van der Waals surface area contributed by atoms with E-state index in [9.17, 15) is 4.79 Å². The number of aryl methyl sites for hydroxylation is 1. The van der Waals surface area contributed by atoms with Gasteiger partial charge in [-0.15, -0.1) is 0 Å². The number of hydrogen-bond acceptors (Lipinski definition) is 4. The summed E-state index contributed by atoms with van der Waals surface area (Å²) in [6, 6.07) is 8.75. The van der Waals surface area contributed by atoms with E-state index in [1.54, 1.807) is 0 Å². The molecule has 1 aromatic carbocycles. The van der Waals surface area contributed by atoms with Crippen molar-refractivity contribution in [2.75, 3.05) is 0 Å². The number of rotatable bonds is 1. The molecular formula is C13H9N5O. The monoisotopic (exact) mass is 251 g/mol. The molecule has 2 N–H and O–H groups in total. The van der Waals surface area contributed by atoms with Crippen molar-refractivity contribution >= 4 is 11.0 Å². The first-order chi connectivity index (χ1) is 9.17. The Morgan fingerprint density at radius 3 is 2.95 bits per heavy atom. The average Bonchev–Trinajstić information content (AvgIpc) is 2.77. The highest BCUT2D eigenvalue weighted by Crippen LogP contribution is 2.23. The van der Waals surface area contributed by atoms with Crippen LogP contribution in [0.25, 0.3) is 22.3 Å². The van der Waals surface area contributed by atoms with Crippen molar-refractivity contribution in [1.29, 1.82) is 5.26 Å². The molecule has 92 valence electrons. The van der Waals surface area contributed by atoms with Gasteiger partial charge in [-0.1, -0.05) is 6.07 Å². The molecule has 0 unspecified atom stereocenters. The fourth-order valence-electron chi connectivity index (χ4n) is 1.99. The number of aromatic nitrogens is 4. The second-order valence-corrected chi connectivity index (χ2v) is 4.16. The number of nitrogens with one attached hydrogen (secondary N) is 2. The topological polar surface area (TPSA) is 98.2 Å². The van der Waals surface area contributed by atoms with Crippen molar-refractivity contribution in [3.05, 3.63) is 46.0 Å². The molecule has 2 heterocycles. The second kappa shape index (κ2) is 4.07. The van der Waals surface area contributed by atoms with E-state index >= 15 is 0 Å². The van der Waals surface area contributed by atoms with Crippen molar-refractivity contribution in [2.24, 2.45) is 0 Å². The lowest BCUT2D eigenvalue weighted by Crippen LogP contribution is -2.08. The van der Waals surface area contributed by atoms with E-state index < -0.39 is 5.56 Å². The lowest BCUT2D eigenvalue weighted by Gasteiger charge is -2.01. The van der Waals surface area contributed by atoms with Gasteiger partial charge in [0.2, 0.25) is 0 Å². The van der Waals surface area contributed by atoms with Crippen LogP contribution >= 0.6 is 0 Å². The standard InChI is InChI=1S/C13H9N5O/c1-7-15-10-3-2-8(4-11(10)16-7)13-9(6-14)5-12(19)17-18-13/h2-5H,1H3,(H,15,16)(H,17,19). The molecule has 3 rings (SSSR count). The first-order valence-corrected chi connectivity index (χ1v) is 5.64. The molecule has 0 aliphatic carbocycles. The maximum atomic E-state index is 11.2. The minimum Gasteiger partial charge on any atom is -0.342 e. The van der Waals surface area contributed by atoms with E-state index in [0.29, 0.717) is 5.69 Å². The second-order valence-electron chi connectivity index (χ2n) is 4.16. The van der Waals surface area contributed by atoms with Crippen LogP contribution in [-0.4, -0.2) is 20.2 Å². The van der Waals surface area contributed by atoms with Gasteiger partial charge in [-0.25, -0.2) is 10.1 Å². The Kier molecular flexibility index (Phi) is 2.39. The Bertz CT molecular complexity index is 869. The van der Waals surface area contributed by atoms with Gasteiger partial charge in [-0.05, 0) is 19.1 Å². The fraction of sp³-hybridized carbons (Fsp3) is 0.0769. The number of fused-ring (bicyclic) bond motifs is 1. The van der Waals surface area contributed by atoms with Gasteiger partial charge in [-0.3, -0.25) is 4.79 Å². The highest BCUT2D eigenvalue weighted by Gasteiger charge is 2.09. The highest BCUT2D eigenvalue weighted by molar-refractivity contribution is 5.82. The molecule has 0 atom stereocenters. The molecule has 0 amide bonds. The number of benzene rings is 1. The molecule has 0 spiro atoms. The number of aromatic amines is 2. The summed E-state index contributed by atoms with van der Waals surface area (Å²) in [4.78, 5) is 18.6. The van der Waals surface area contributed by atoms with Crippen LogP contribution in [0, 0.1) is 18.3 Å². The minimum absolute atomic E-state index is 0.249. The predicted octanol–water partition coefficient (Wildman–Crippen LogP) is 1.49. The van der Waals surface area contributed by atoms with E-state index in [2.05, 4.69) is 20.2 Å². The third-order valence-electron chi connectivity index (χ3n) is 2.80. The zero-order valence-electron chi connectivity index (χ0n) is 10.1. The molecular weight excluding hydrogens is 242 g/mol. The molecule has 6 nitrogen and oxygen atoms in total. The molecule has 0 fully saturated rings. The Labute approximate surface area is 107 Å². The van der Waals surface area contributed by atoms with Gasteiger partial charge in [0.25, 0.3) is 5.56 Å². The van der Waals surface area contributed by atoms with E-state index in [1.165, 1.54) is 6.07 Å². The molecule has 0 saturated carbocycles. The van der Waals surface area contributed by atoms with Crippen molar-refractivity contribution in [3.8, 4) is 17.3 Å². The van der Waals surface area contributed by atoms with E-state index in [0.717, 1.165) is 22.4 Å². The Morgan fingerprint density at radius 2 is 2.16 bits per heavy atom. The fourth-order valence-corrected chi connectivity index (χ4v) is 1.99. The lowest BCUT2D eigenvalue weighted by atomic mass is 10.1. The van der Waals surface area contributed by atoms with Gasteiger partial charge in [0.1, 0.15) is 17.6 Å². The lowest BCUT2D eigenvalue weighted by molar-refractivity contribution is 0.990. The molecule has 0 aliphatic heterocycles. The Balaban J connectivity index is 2.24. The normalized spacial score (nSPS) is 10.5. The molecule has 0 bridgehead atoms. The number of imidazole rings is 1. The summed E-state index contributed by atoms with van der Waals surface area (Å²) < 4.78 is 0. The van der Waals surface area contributed by atoms with Crippen molar-refractivity contribution in [1.82, 2.24) is 20.2 Å². The maximum Gasteiger partial charge on any atom is 0.265 e.